The van der Waals surface area contributed by atoms with E-state index in [0.29, 0.717) is 0 Å². The summed E-state index contributed by atoms with van der Waals surface area (Å²) >= 11 is 0. The molecule has 4 heteroatoms. The first-order valence-electron chi connectivity index (χ1n) is 4.60. The molecular formula is C10H18N2O2. The molecule has 0 fully saturated rings. The second kappa shape index (κ2) is 4.91. The third-order valence-corrected chi connectivity index (χ3v) is 2.51. The minimum absolute atomic E-state index is 0.0231. The van der Waals surface area contributed by atoms with Crippen LogP contribution in [0.2, 0.25) is 0 Å². The van der Waals surface area contributed by atoms with Crippen molar-refractivity contribution in [1.82, 2.24) is 4.90 Å². The molecule has 80 valence electrons. The summed E-state index contributed by atoms with van der Waals surface area (Å²) in [5.74, 6) is -0.157. The van der Waals surface area contributed by atoms with Crippen LogP contribution in [0.1, 0.15) is 27.7 Å². The molecule has 1 atom stereocenters. The number of aliphatic imine (C=N–C) groups is 1. The molecule has 0 heterocycles. The monoisotopic (exact) mass is 198 g/mol. The quantitative estimate of drug-likeness (QED) is 0.505. The predicted octanol–water partition coefficient (Wildman–Crippen LogP) is 1.22. The molecular weight excluding hydrogens is 180 g/mol. The first-order valence-corrected chi connectivity index (χ1v) is 4.60. The molecule has 0 aliphatic rings. The summed E-state index contributed by atoms with van der Waals surface area (Å²) in [6.07, 6.45) is 1.36. The highest BCUT2D eigenvalue weighted by Gasteiger charge is 2.26. The fourth-order valence-corrected chi connectivity index (χ4v) is 1.01. The average molecular weight is 198 g/mol. The highest BCUT2D eigenvalue weighted by atomic mass is 16.2. The Morgan fingerprint density at radius 3 is 2.36 bits per heavy atom. The van der Waals surface area contributed by atoms with Crippen molar-refractivity contribution >= 4 is 12.0 Å². The number of hydrogen-bond acceptors (Lipinski definition) is 3. The van der Waals surface area contributed by atoms with Gasteiger partial charge in [0.25, 0.3) is 0 Å². The van der Waals surface area contributed by atoms with Gasteiger partial charge >= 0.3 is 0 Å². The number of carbonyl (C=O) groups excluding carboxylic acids is 2. The average Bonchev–Trinajstić information content (AvgIpc) is 2.10. The second-order valence-electron chi connectivity index (χ2n) is 4.45. The van der Waals surface area contributed by atoms with Gasteiger partial charge < -0.3 is 4.90 Å². The number of isocyanates is 1. The third kappa shape index (κ3) is 3.71. The van der Waals surface area contributed by atoms with Gasteiger partial charge in [0.2, 0.25) is 12.0 Å². The van der Waals surface area contributed by atoms with Gasteiger partial charge in [-0.15, -0.1) is 0 Å². The van der Waals surface area contributed by atoms with Gasteiger partial charge in [-0.3, -0.25) is 4.79 Å². The normalized spacial score (nSPS) is 12.9. The Hall–Kier alpha value is -1.15. The van der Waals surface area contributed by atoms with Gasteiger partial charge in [-0.25, -0.2) is 4.79 Å². The standard InChI is InChI=1S/C10H18N2O2/c1-8(10(2,3)4)12(5)9(14)6-11-7-13/h8H,6H2,1-5H3/t8-/m0/s1. The summed E-state index contributed by atoms with van der Waals surface area (Å²) in [6, 6.07) is 0.108. The van der Waals surface area contributed by atoms with E-state index in [1.54, 1.807) is 11.9 Å². The van der Waals surface area contributed by atoms with Crippen LogP contribution in [0.5, 0.6) is 0 Å². The Morgan fingerprint density at radius 2 is 2.00 bits per heavy atom. The zero-order chi connectivity index (χ0) is 11.4. The van der Waals surface area contributed by atoms with Crippen LogP contribution in [0.4, 0.5) is 0 Å². The Balaban J connectivity index is 4.39. The maximum Gasteiger partial charge on any atom is 0.245 e. The maximum absolute atomic E-state index is 11.4. The van der Waals surface area contributed by atoms with Crippen molar-refractivity contribution in [3.05, 3.63) is 0 Å². The van der Waals surface area contributed by atoms with Crippen LogP contribution >= 0.6 is 0 Å². The van der Waals surface area contributed by atoms with E-state index in [4.69, 9.17) is 0 Å². The molecule has 1 amide bonds. The Kier molecular flexibility index (Phi) is 4.51. The molecule has 0 aromatic carbocycles. The lowest BCUT2D eigenvalue weighted by Crippen LogP contribution is -2.43. The molecule has 0 saturated carbocycles. The van der Waals surface area contributed by atoms with Crippen LogP contribution in [0.3, 0.4) is 0 Å². The zero-order valence-electron chi connectivity index (χ0n) is 9.50. The van der Waals surface area contributed by atoms with Gasteiger partial charge in [0, 0.05) is 13.1 Å². The van der Waals surface area contributed by atoms with Gasteiger partial charge in [-0.05, 0) is 12.3 Å². The molecule has 4 nitrogen and oxygen atoms in total. The molecule has 0 saturated heterocycles. The van der Waals surface area contributed by atoms with E-state index in [9.17, 15) is 9.59 Å². The highest BCUT2D eigenvalue weighted by Crippen LogP contribution is 2.22. The lowest BCUT2D eigenvalue weighted by molar-refractivity contribution is -0.132. The van der Waals surface area contributed by atoms with E-state index in [0.717, 1.165) is 0 Å². The van der Waals surface area contributed by atoms with E-state index in [1.165, 1.54) is 6.08 Å². The molecule has 0 radical (unpaired) electrons. The maximum atomic E-state index is 11.4. The van der Waals surface area contributed by atoms with Crippen LogP contribution in [0.25, 0.3) is 0 Å². The molecule has 0 aromatic heterocycles. The van der Waals surface area contributed by atoms with Gasteiger partial charge in [0.15, 0.2) is 0 Å². The van der Waals surface area contributed by atoms with Crippen molar-refractivity contribution < 1.29 is 9.59 Å². The molecule has 0 bridgehead atoms. The molecule has 0 aliphatic heterocycles. The molecule has 0 aliphatic carbocycles. The summed E-state index contributed by atoms with van der Waals surface area (Å²) in [5, 5.41) is 0. The summed E-state index contributed by atoms with van der Waals surface area (Å²) in [7, 11) is 1.72. The summed E-state index contributed by atoms with van der Waals surface area (Å²) in [6.45, 7) is 8.04. The molecule has 0 aromatic rings. The van der Waals surface area contributed by atoms with Crippen molar-refractivity contribution in [2.75, 3.05) is 13.6 Å². The largest absolute Gasteiger partial charge is 0.341 e. The van der Waals surface area contributed by atoms with Crippen molar-refractivity contribution in [2.45, 2.75) is 33.7 Å². The van der Waals surface area contributed by atoms with E-state index in [1.807, 2.05) is 6.92 Å². The van der Waals surface area contributed by atoms with E-state index in [2.05, 4.69) is 25.8 Å². The van der Waals surface area contributed by atoms with Crippen molar-refractivity contribution in [3.8, 4) is 0 Å². The van der Waals surface area contributed by atoms with E-state index < -0.39 is 0 Å². The SMILES string of the molecule is C[C@H](N(C)C(=O)CN=C=O)C(C)(C)C. The number of rotatable bonds is 3. The molecule has 0 unspecified atom stereocenters. The number of hydrogen-bond donors (Lipinski definition) is 0. The predicted molar refractivity (Wildman–Crippen MR) is 54.7 cm³/mol. The first kappa shape index (κ1) is 12.8. The van der Waals surface area contributed by atoms with E-state index in [-0.39, 0.29) is 23.9 Å². The lowest BCUT2D eigenvalue weighted by atomic mass is 9.87. The van der Waals surface area contributed by atoms with Crippen LogP contribution in [-0.2, 0) is 9.59 Å². The summed E-state index contributed by atoms with van der Waals surface area (Å²) in [5.41, 5.74) is 0.0231. The van der Waals surface area contributed by atoms with Crippen LogP contribution < -0.4 is 0 Å². The molecule has 0 N–H and O–H groups in total. The van der Waals surface area contributed by atoms with Gasteiger partial charge in [-0.2, -0.15) is 4.99 Å². The molecule has 14 heavy (non-hydrogen) atoms. The number of nitrogens with zero attached hydrogens (tertiary/aromatic N) is 2. The number of carbonyl (C=O) groups is 1. The second-order valence-corrected chi connectivity index (χ2v) is 4.45. The Labute approximate surface area is 85.0 Å². The molecule has 0 spiro atoms. The minimum Gasteiger partial charge on any atom is -0.341 e. The van der Waals surface area contributed by atoms with Crippen molar-refractivity contribution in [1.29, 1.82) is 0 Å². The summed E-state index contributed by atoms with van der Waals surface area (Å²) < 4.78 is 0. The van der Waals surface area contributed by atoms with Crippen molar-refractivity contribution in [3.63, 3.8) is 0 Å². The van der Waals surface area contributed by atoms with Gasteiger partial charge in [0.1, 0.15) is 6.54 Å². The third-order valence-electron chi connectivity index (χ3n) is 2.51. The number of amides is 1. The minimum atomic E-state index is -0.157. The van der Waals surface area contributed by atoms with Crippen LogP contribution in [0.15, 0.2) is 4.99 Å². The summed E-state index contributed by atoms with van der Waals surface area (Å²) in [4.78, 5) is 26.2. The Morgan fingerprint density at radius 1 is 1.50 bits per heavy atom. The smallest absolute Gasteiger partial charge is 0.245 e. The fraction of sp³-hybridized carbons (Fsp3) is 0.800. The van der Waals surface area contributed by atoms with Gasteiger partial charge in [-0.1, -0.05) is 20.8 Å². The van der Waals surface area contributed by atoms with Crippen LogP contribution in [-0.4, -0.2) is 36.5 Å². The lowest BCUT2D eigenvalue weighted by Gasteiger charge is -2.35. The Bertz CT molecular complexity index is 249. The highest BCUT2D eigenvalue weighted by molar-refractivity contribution is 5.79. The topological polar surface area (TPSA) is 49.7 Å². The van der Waals surface area contributed by atoms with Gasteiger partial charge in [0.05, 0.1) is 0 Å². The molecule has 0 rings (SSSR count). The fourth-order valence-electron chi connectivity index (χ4n) is 1.01. The zero-order valence-corrected chi connectivity index (χ0v) is 9.50. The van der Waals surface area contributed by atoms with Crippen molar-refractivity contribution in [2.24, 2.45) is 10.4 Å². The number of likely N-dealkylation sites (N-methyl/N-ethyl adjacent to an activating group) is 1. The van der Waals surface area contributed by atoms with E-state index >= 15 is 0 Å². The van der Waals surface area contributed by atoms with Crippen LogP contribution in [0, 0.1) is 5.41 Å². The first-order chi connectivity index (χ1) is 6.30.